The van der Waals surface area contributed by atoms with Crippen molar-refractivity contribution in [1.82, 2.24) is 5.06 Å². The van der Waals surface area contributed by atoms with Crippen LogP contribution in [0.5, 0.6) is 0 Å². The van der Waals surface area contributed by atoms with Crippen molar-refractivity contribution < 1.29 is 14.4 Å². The van der Waals surface area contributed by atoms with Crippen LogP contribution in [0.15, 0.2) is 24.3 Å². The molecule has 2 rings (SSSR count). The number of hydroxylamine groups is 2. The van der Waals surface area contributed by atoms with Gasteiger partial charge in [0.05, 0.1) is 6.61 Å². The lowest BCUT2D eigenvalue weighted by Gasteiger charge is -2.25. The van der Waals surface area contributed by atoms with Gasteiger partial charge in [-0.25, -0.2) is 5.06 Å². The first-order chi connectivity index (χ1) is 8.66. The summed E-state index contributed by atoms with van der Waals surface area (Å²) in [6, 6.07) is 7.27. The van der Waals surface area contributed by atoms with E-state index >= 15 is 0 Å². The van der Waals surface area contributed by atoms with Crippen LogP contribution >= 0.6 is 0 Å². The lowest BCUT2D eigenvalue weighted by molar-refractivity contribution is -0.197. The highest BCUT2D eigenvalue weighted by Gasteiger charge is 2.24. The van der Waals surface area contributed by atoms with Crippen LogP contribution in [0.2, 0.25) is 0 Å². The number of nitrogens with zero attached hydrogens (tertiary/aromatic N) is 1. The molecule has 0 bridgehead atoms. The second-order valence-corrected chi connectivity index (χ2v) is 4.27. The number of anilines is 1. The van der Waals surface area contributed by atoms with Crippen molar-refractivity contribution in [2.75, 3.05) is 18.5 Å². The van der Waals surface area contributed by atoms with E-state index in [0.29, 0.717) is 18.8 Å². The lowest BCUT2D eigenvalue weighted by Crippen LogP contribution is -2.42. The molecule has 1 N–H and O–H groups in total. The van der Waals surface area contributed by atoms with Crippen LogP contribution in [0.3, 0.4) is 0 Å². The first-order valence-electron chi connectivity index (χ1n) is 5.99. The molecule has 1 aromatic rings. The maximum atomic E-state index is 11.8. The number of nitrogens with one attached hydrogen (secondary N) is 1. The molecule has 0 radical (unpaired) electrons. The second kappa shape index (κ2) is 5.64. The van der Waals surface area contributed by atoms with E-state index in [4.69, 9.17) is 4.84 Å². The van der Waals surface area contributed by atoms with Crippen LogP contribution in [0.1, 0.15) is 18.4 Å². The minimum atomic E-state index is -0.666. The van der Waals surface area contributed by atoms with E-state index in [1.54, 1.807) is 12.1 Å². The van der Waals surface area contributed by atoms with Gasteiger partial charge in [0.15, 0.2) is 0 Å². The van der Waals surface area contributed by atoms with Crippen molar-refractivity contribution in [2.24, 2.45) is 0 Å². The molecule has 0 aliphatic carbocycles. The van der Waals surface area contributed by atoms with E-state index in [1.807, 2.05) is 19.1 Å². The highest BCUT2D eigenvalue weighted by molar-refractivity contribution is 6.39. The van der Waals surface area contributed by atoms with Gasteiger partial charge in [0.1, 0.15) is 0 Å². The Balaban J connectivity index is 1.94. The number of hydrogen-bond donors (Lipinski definition) is 1. The maximum absolute atomic E-state index is 11.8. The molecule has 1 fully saturated rings. The maximum Gasteiger partial charge on any atom is 0.335 e. The Morgan fingerprint density at radius 2 is 1.94 bits per heavy atom. The SMILES string of the molecule is Cc1ccc(NC(=O)C(=O)N2CCCCO2)cc1. The van der Waals surface area contributed by atoms with Crippen molar-refractivity contribution in [2.45, 2.75) is 19.8 Å². The molecule has 5 heteroatoms. The molecular formula is C13H16N2O3. The fourth-order valence-corrected chi connectivity index (χ4v) is 1.69. The van der Waals surface area contributed by atoms with Crippen LogP contribution in [0.25, 0.3) is 0 Å². The number of carbonyl (C=O) groups is 2. The molecule has 0 atom stereocenters. The van der Waals surface area contributed by atoms with Gasteiger partial charge in [0, 0.05) is 12.2 Å². The summed E-state index contributed by atoms with van der Waals surface area (Å²) in [6.07, 6.45) is 1.78. The molecule has 0 aromatic heterocycles. The number of aryl methyl sites for hydroxylation is 1. The molecule has 0 unspecified atom stereocenters. The number of hydrogen-bond acceptors (Lipinski definition) is 3. The Morgan fingerprint density at radius 1 is 1.22 bits per heavy atom. The molecule has 0 spiro atoms. The van der Waals surface area contributed by atoms with Crippen molar-refractivity contribution in [3.63, 3.8) is 0 Å². The predicted molar refractivity (Wildman–Crippen MR) is 66.7 cm³/mol. The average molecular weight is 248 g/mol. The third-order valence-corrected chi connectivity index (χ3v) is 2.73. The fourth-order valence-electron chi connectivity index (χ4n) is 1.69. The number of rotatable bonds is 1. The zero-order valence-corrected chi connectivity index (χ0v) is 10.3. The molecule has 2 amide bonds. The van der Waals surface area contributed by atoms with Gasteiger partial charge >= 0.3 is 11.8 Å². The molecular weight excluding hydrogens is 232 g/mol. The summed E-state index contributed by atoms with van der Waals surface area (Å²) in [6.45, 7) is 2.92. The van der Waals surface area contributed by atoms with E-state index < -0.39 is 11.8 Å². The zero-order chi connectivity index (χ0) is 13.0. The third kappa shape index (κ3) is 3.07. The topological polar surface area (TPSA) is 58.6 Å². The summed E-state index contributed by atoms with van der Waals surface area (Å²) in [5.41, 5.74) is 1.70. The van der Waals surface area contributed by atoms with Crippen LogP contribution in [0, 0.1) is 6.92 Å². The Hall–Kier alpha value is -1.88. The quantitative estimate of drug-likeness (QED) is 0.766. The molecule has 96 valence electrons. The highest BCUT2D eigenvalue weighted by Crippen LogP contribution is 2.10. The van der Waals surface area contributed by atoms with Gasteiger partial charge in [-0.1, -0.05) is 17.7 Å². The molecule has 1 aliphatic heterocycles. The van der Waals surface area contributed by atoms with E-state index in [1.165, 1.54) is 0 Å². The molecule has 5 nitrogen and oxygen atoms in total. The zero-order valence-electron chi connectivity index (χ0n) is 10.3. The minimum absolute atomic E-state index is 0.472. The summed E-state index contributed by atoms with van der Waals surface area (Å²) in [7, 11) is 0. The number of benzene rings is 1. The monoisotopic (exact) mass is 248 g/mol. The van der Waals surface area contributed by atoms with Crippen molar-refractivity contribution >= 4 is 17.5 Å². The Bertz CT molecular complexity index is 436. The van der Waals surface area contributed by atoms with Crippen LogP contribution < -0.4 is 5.32 Å². The fraction of sp³-hybridized carbons (Fsp3) is 0.385. The summed E-state index contributed by atoms with van der Waals surface area (Å²) in [5.74, 6) is -1.31. The van der Waals surface area contributed by atoms with Gasteiger partial charge in [0.25, 0.3) is 0 Å². The number of amides is 2. The van der Waals surface area contributed by atoms with Crippen LogP contribution in [0.4, 0.5) is 5.69 Å². The van der Waals surface area contributed by atoms with E-state index in [9.17, 15) is 9.59 Å². The second-order valence-electron chi connectivity index (χ2n) is 4.27. The molecule has 1 aromatic carbocycles. The van der Waals surface area contributed by atoms with Gasteiger partial charge < -0.3 is 5.32 Å². The third-order valence-electron chi connectivity index (χ3n) is 2.73. The predicted octanol–water partition coefficient (Wildman–Crippen LogP) is 1.49. The first-order valence-corrected chi connectivity index (χ1v) is 5.99. The van der Waals surface area contributed by atoms with E-state index in [2.05, 4.69) is 5.32 Å². The molecule has 1 aliphatic rings. The summed E-state index contributed by atoms with van der Waals surface area (Å²) >= 11 is 0. The lowest BCUT2D eigenvalue weighted by atomic mass is 10.2. The van der Waals surface area contributed by atoms with Gasteiger partial charge in [-0.15, -0.1) is 0 Å². The Labute approximate surface area is 106 Å². The molecule has 1 saturated heterocycles. The summed E-state index contributed by atoms with van der Waals surface area (Å²) < 4.78 is 0. The van der Waals surface area contributed by atoms with Gasteiger partial charge in [0.2, 0.25) is 0 Å². The van der Waals surface area contributed by atoms with Crippen LogP contribution in [-0.2, 0) is 14.4 Å². The average Bonchev–Trinajstić information content (AvgIpc) is 2.41. The van der Waals surface area contributed by atoms with Gasteiger partial charge in [-0.2, -0.15) is 0 Å². The first kappa shape index (κ1) is 12.6. The smallest absolute Gasteiger partial charge is 0.318 e. The normalized spacial score (nSPS) is 15.3. The largest absolute Gasteiger partial charge is 0.335 e. The standard InChI is InChI=1S/C13H16N2O3/c1-10-4-6-11(7-5-10)14-12(16)13(17)15-8-2-3-9-18-15/h4-7H,2-3,8-9H2,1H3,(H,14,16). The number of carbonyl (C=O) groups excluding carboxylic acids is 2. The van der Waals surface area contributed by atoms with Crippen molar-refractivity contribution in [1.29, 1.82) is 0 Å². The summed E-state index contributed by atoms with van der Waals surface area (Å²) in [5, 5.41) is 3.69. The van der Waals surface area contributed by atoms with E-state index in [0.717, 1.165) is 23.5 Å². The van der Waals surface area contributed by atoms with Crippen LogP contribution in [-0.4, -0.2) is 30.0 Å². The highest BCUT2D eigenvalue weighted by atomic mass is 16.7. The molecule has 18 heavy (non-hydrogen) atoms. The summed E-state index contributed by atoms with van der Waals surface area (Å²) in [4.78, 5) is 28.6. The van der Waals surface area contributed by atoms with Crippen molar-refractivity contribution in [3.05, 3.63) is 29.8 Å². The minimum Gasteiger partial charge on any atom is -0.318 e. The van der Waals surface area contributed by atoms with Gasteiger partial charge in [-0.05, 0) is 31.9 Å². The molecule has 0 saturated carbocycles. The van der Waals surface area contributed by atoms with E-state index in [-0.39, 0.29) is 0 Å². The molecule has 1 heterocycles. The Morgan fingerprint density at radius 3 is 2.56 bits per heavy atom. The van der Waals surface area contributed by atoms with Gasteiger partial charge in [-0.3, -0.25) is 14.4 Å². The Kier molecular flexibility index (Phi) is 3.94. The van der Waals surface area contributed by atoms with Crippen molar-refractivity contribution in [3.8, 4) is 0 Å².